The lowest BCUT2D eigenvalue weighted by Crippen LogP contribution is -2.28. The van der Waals surface area contributed by atoms with Crippen molar-refractivity contribution in [2.45, 2.75) is 26.3 Å². The molecule has 0 radical (unpaired) electrons. The van der Waals surface area contributed by atoms with Crippen molar-refractivity contribution in [3.05, 3.63) is 47.9 Å². The number of nitrogens with one attached hydrogen (secondary N) is 2. The summed E-state index contributed by atoms with van der Waals surface area (Å²) in [7, 11) is 1.94. The second kappa shape index (κ2) is 8.40. The molecule has 0 saturated carbocycles. The number of aromatic nitrogens is 2. The lowest BCUT2D eigenvalue weighted by molar-refractivity contribution is -0.121. The average molecular weight is 412 g/mol. The number of aryl methyl sites for hydroxylation is 1. The average Bonchev–Trinajstić information content (AvgIpc) is 3.04. The van der Waals surface area contributed by atoms with Crippen LogP contribution in [-0.4, -0.2) is 27.4 Å². The van der Waals surface area contributed by atoms with Crippen LogP contribution in [0.3, 0.4) is 0 Å². The molecule has 0 aliphatic heterocycles. The fraction of sp³-hybridized carbons (Fsp3) is 0.286. The van der Waals surface area contributed by atoms with E-state index < -0.39 is 17.6 Å². The van der Waals surface area contributed by atoms with Crippen LogP contribution in [0.4, 0.5) is 21.7 Å². The number of carbonyl (C=O) groups is 2. The van der Waals surface area contributed by atoms with E-state index in [4.69, 9.17) is 11.5 Å². The van der Waals surface area contributed by atoms with Crippen LogP contribution in [0.15, 0.2) is 36.5 Å². The second-order valence-electron chi connectivity index (χ2n) is 7.49. The van der Waals surface area contributed by atoms with Gasteiger partial charge < -0.3 is 26.7 Å². The van der Waals surface area contributed by atoms with Crippen LogP contribution < -0.4 is 22.1 Å². The van der Waals surface area contributed by atoms with Gasteiger partial charge in [0.25, 0.3) is 5.91 Å². The number of fused-ring (bicyclic) bond motifs is 1. The first kappa shape index (κ1) is 21.1. The van der Waals surface area contributed by atoms with Crippen molar-refractivity contribution in [3.63, 3.8) is 0 Å². The van der Waals surface area contributed by atoms with Crippen LogP contribution in [-0.2, 0) is 11.8 Å². The van der Waals surface area contributed by atoms with E-state index in [1.165, 1.54) is 0 Å². The Hall–Kier alpha value is -3.62. The molecule has 2 aromatic heterocycles. The number of nitrogens with zero attached hydrogens (tertiary/aromatic N) is 2. The zero-order valence-electron chi connectivity index (χ0n) is 17.1. The minimum atomic E-state index is -0.799. The van der Waals surface area contributed by atoms with Gasteiger partial charge in [0.1, 0.15) is 5.82 Å². The van der Waals surface area contributed by atoms with Gasteiger partial charge >= 0.3 is 0 Å². The third-order valence-electron chi connectivity index (χ3n) is 4.97. The summed E-state index contributed by atoms with van der Waals surface area (Å²) in [5.41, 5.74) is 12.4. The van der Waals surface area contributed by atoms with Gasteiger partial charge in [-0.1, -0.05) is 6.92 Å². The summed E-state index contributed by atoms with van der Waals surface area (Å²) in [4.78, 5) is 27.3. The van der Waals surface area contributed by atoms with Gasteiger partial charge in [0.2, 0.25) is 5.91 Å². The zero-order chi connectivity index (χ0) is 22.0. The summed E-state index contributed by atoms with van der Waals surface area (Å²) >= 11 is 0. The normalized spacial score (nSPS) is 13.1. The third kappa shape index (κ3) is 4.51. The number of halogens is 1. The van der Waals surface area contributed by atoms with E-state index in [9.17, 15) is 14.0 Å². The molecule has 6 N–H and O–H groups in total. The number of rotatable bonds is 8. The highest BCUT2D eigenvalue weighted by atomic mass is 19.1. The first-order valence-electron chi connectivity index (χ1n) is 9.54. The third-order valence-corrected chi connectivity index (χ3v) is 4.97. The summed E-state index contributed by atoms with van der Waals surface area (Å²) in [5.74, 6) is -2.24. The predicted molar refractivity (Wildman–Crippen MR) is 115 cm³/mol. The maximum atomic E-state index is 14.5. The van der Waals surface area contributed by atoms with Crippen LogP contribution in [0.25, 0.3) is 10.9 Å². The van der Waals surface area contributed by atoms with E-state index in [0.717, 1.165) is 17.0 Å². The van der Waals surface area contributed by atoms with Crippen molar-refractivity contribution in [2.75, 3.05) is 10.6 Å². The minimum absolute atomic E-state index is 0.0486. The van der Waals surface area contributed by atoms with Gasteiger partial charge in [-0.05, 0) is 43.7 Å². The highest BCUT2D eigenvalue weighted by Gasteiger charge is 2.19. The van der Waals surface area contributed by atoms with E-state index in [0.29, 0.717) is 12.1 Å². The van der Waals surface area contributed by atoms with Gasteiger partial charge in [0, 0.05) is 41.8 Å². The fourth-order valence-electron chi connectivity index (χ4n) is 3.31. The second-order valence-corrected chi connectivity index (χ2v) is 7.49. The topological polar surface area (TPSA) is 128 Å². The lowest BCUT2D eigenvalue weighted by atomic mass is 10.0. The van der Waals surface area contributed by atoms with Gasteiger partial charge in [0.15, 0.2) is 11.6 Å². The van der Waals surface area contributed by atoms with E-state index >= 15 is 0 Å². The number of amides is 2. The molecule has 9 heteroatoms. The molecule has 30 heavy (non-hydrogen) atoms. The van der Waals surface area contributed by atoms with Crippen molar-refractivity contribution in [1.29, 1.82) is 0 Å². The Morgan fingerprint density at radius 2 is 1.90 bits per heavy atom. The van der Waals surface area contributed by atoms with Crippen molar-refractivity contribution in [2.24, 2.45) is 24.4 Å². The zero-order valence-corrected chi connectivity index (χ0v) is 17.1. The Labute approximate surface area is 173 Å². The Kier molecular flexibility index (Phi) is 5.91. The smallest absolute Gasteiger partial charge is 0.252 e. The van der Waals surface area contributed by atoms with Gasteiger partial charge in [-0.15, -0.1) is 0 Å². The molecule has 2 atom stereocenters. The summed E-state index contributed by atoms with van der Waals surface area (Å²) in [6.45, 7) is 3.49. The molecular formula is C21H25FN6O2. The number of carbonyl (C=O) groups excluding carboxylic acids is 2. The highest BCUT2D eigenvalue weighted by molar-refractivity contribution is 5.99. The molecule has 3 rings (SSSR count). The van der Waals surface area contributed by atoms with Crippen molar-refractivity contribution in [1.82, 2.24) is 9.55 Å². The first-order chi connectivity index (χ1) is 14.2. The van der Waals surface area contributed by atoms with Gasteiger partial charge in [0.05, 0.1) is 5.56 Å². The van der Waals surface area contributed by atoms with Crippen LogP contribution in [0, 0.1) is 11.7 Å². The van der Waals surface area contributed by atoms with E-state index in [1.807, 2.05) is 42.1 Å². The molecule has 2 amide bonds. The SMILES string of the molecule is CC(CC(C)C(N)=O)Nc1nc(Nc2ccc3c(ccn3C)c2)c(C(N)=O)cc1F. The first-order valence-corrected chi connectivity index (χ1v) is 9.54. The number of primary amides is 2. The van der Waals surface area contributed by atoms with Crippen LogP contribution in [0.2, 0.25) is 0 Å². The summed E-state index contributed by atoms with van der Waals surface area (Å²) < 4.78 is 16.5. The molecule has 3 aromatic rings. The monoisotopic (exact) mass is 412 g/mol. The Morgan fingerprint density at radius 1 is 1.17 bits per heavy atom. The van der Waals surface area contributed by atoms with E-state index in [1.54, 1.807) is 13.8 Å². The van der Waals surface area contributed by atoms with Crippen molar-refractivity contribution in [3.8, 4) is 0 Å². The minimum Gasteiger partial charge on any atom is -0.369 e. The number of hydrogen-bond donors (Lipinski definition) is 4. The van der Waals surface area contributed by atoms with E-state index in [2.05, 4.69) is 15.6 Å². The molecule has 2 heterocycles. The fourth-order valence-corrected chi connectivity index (χ4v) is 3.31. The number of anilines is 3. The Bertz CT molecular complexity index is 1110. The maximum Gasteiger partial charge on any atom is 0.252 e. The van der Waals surface area contributed by atoms with Crippen LogP contribution in [0.5, 0.6) is 0 Å². The van der Waals surface area contributed by atoms with Crippen LogP contribution >= 0.6 is 0 Å². The summed E-state index contributed by atoms with van der Waals surface area (Å²) in [6, 6.07) is 8.39. The van der Waals surface area contributed by atoms with Gasteiger partial charge in [-0.3, -0.25) is 9.59 Å². The number of hydrogen-bond acceptors (Lipinski definition) is 5. The molecule has 0 bridgehead atoms. The number of pyridine rings is 1. The number of nitrogens with two attached hydrogens (primary N) is 2. The molecule has 0 aliphatic rings. The quantitative estimate of drug-likeness (QED) is 0.452. The largest absolute Gasteiger partial charge is 0.369 e. The molecule has 158 valence electrons. The highest BCUT2D eigenvalue weighted by Crippen LogP contribution is 2.27. The molecular weight excluding hydrogens is 387 g/mol. The molecule has 0 aliphatic carbocycles. The van der Waals surface area contributed by atoms with Gasteiger partial charge in [-0.2, -0.15) is 0 Å². The van der Waals surface area contributed by atoms with E-state index in [-0.39, 0.29) is 29.2 Å². The molecule has 0 fully saturated rings. The molecule has 0 spiro atoms. The number of benzene rings is 1. The molecule has 0 saturated heterocycles. The maximum absolute atomic E-state index is 14.5. The van der Waals surface area contributed by atoms with Crippen molar-refractivity contribution >= 4 is 40.0 Å². The van der Waals surface area contributed by atoms with Gasteiger partial charge in [-0.25, -0.2) is 9.37 Å². The molecule has 1 aromatic carbocycles. The predicted octanol–water partition coefficient (Wildman–Crippen LogP) is 2.87. The Balaban J connectivity index is 1.90. The summed E-state index contributed by atoms with van der Waals surface area (Å²) in [5, 5.41) is 6.98. The van der Waals surface area contributed by atoms with Crippen LogP contribution in [0.1, 0.15) is 30.6 Å². The van der Waals surface area contributed by atoms with Crippen molar-refractivity contribution < 1.29 is 14.0 Å². The molecule has 2 unspecified atom stereocenters. The lowest BCUT2D eigenvalue weighted by Gasteiger charge is -2.19. The standard InChI is InChI=1S/C21H25FN6O2/c1-11(18(23)29)8-12(2)25-21-16(22)10-15(19(24)30)20(27-21)26-14-4-5-17-13(9-14)6-7-28(17)3/h4-7,9-12H,8H2,1-3H3,(H2,23,29)(H2,24,30)(H2,25,26,27). The Morgan fingerprint density at radius 3 is 2.57 bits per heavy atom. The summed E-state index contributed by atoms with van der Waals surface area (Å²) in [6.07, 6.45) is 2.34. The molecule has 8 nitrogen and oxygen atoms in total.